The number of hydrazone groups is 1. The number of rotatable bonds is 6. The Morgan fingerprint density at radius 1 is 1.25 bits per heavy atom. The molecule has 7 heteroatoms. The molecule has 2 atom stereocenters. The first-order valence-corrected chi connectivity index (χ1v) is 9.37. The molecule has 2 aromatic rings. The topological polar surface area (TPSA) is 92.7 Å². The van der Waals surface area contributed by atoms with Crippen LogP contribution in [0, 0.1) is 5.92 Å². The summed E-state index contributed by atoms with van der Waals surface area (Å²) < 4.78 is 5.26. The summed E-state index contributed by atoms with van der Waals surface area (Å²) in [6.45, 7) is 9.15. The molecule has 0 unspecified atom stereocenters. The second kappa shape index (κ2) is 9.30. The van der Waals surface area contributed by atoms with Gasteiger partial charge >= 0.3 is 6.09 Å². The van der Waals surface area contributed by atoms with Gasteiger partial charge in [-0.05, 0) is 32.8 Å². The van der Waals surface area contributed by atoms with Crippen molar-refractivity contribution in [1.82, 2.24) is 15.7 Å². The molecule has 28 heavy (non-hydrogen) atoms. The lowest BCUT2D eigenvalue weighted by Gasteiger charge is -2.25. The summed E-state index contributed by atoms with van der Waals surface area (Å²) in [6, 6.07) is 8.81. The van der Waals surface area contributed by atoms with Gasteiger partial charge in [-0.25, -0.2) is 10.2 Å². The molecule has 2 N–H and O–H groups in total. The fraction of sp³-hybridized carbons (Fsp3) is 0.429. The van der Waals surface area contributed by atoms with Gasteiger partial charge < -0.3 is 10.1 Å². The summed E-state index contributed by atoms with van der Waals surface area (Å²) in [5.41, 5.74) is 3.46. The fourth-order valence-electron chi connectivity index (χ4n) is 2.60. The van der Waals surface area contributed by atoms with E-state index < -0.39 is 23.6 Å². The average Bonchev–Trinajstić information content (AvgIpc) is 2.64. The Bertz CT molecular complexity index is 853. The average molecular weight is 384 g/mol. The fourth-order valence-corrected chi connectivity index (χ4v) is 2.60. The molecule has 0 saturated heterocycles. The van der Waals surface area contributed by atoms with Crippen LogP contribution in [0.25, 0.3) is 10.9 Å². The van der Waals surface area contributed by atoms with E-state index >= 15 is 0 Å². The maximum Gasteiger partial charge on any atom is 0.408 e. The van der Waals surface area contributed by atoms with E-state index in [4.69, 9.17) is 4.74 Å². The lowest BCUT2D eigenvalue weighted by atomic mass is 9.99. The summed E-state index contributed by atoms with van der Waals surface area (Å²) >= 11 is 0. The van der Waals surface area contributed by atoms with Crippen LogP contribution in [-0.2, 0) is 9.53 Å². The van der Waals surface area contributed by atoms with Gasteiger partial charge in [-0.1, -0.05) is 44.5 Å². The number of hydrogen-bond donors (Lipinski definition) is 2. The molecule has 2 rings (SSSR count). The molecule has 1 aromatic heterocycles. The molecule has 2 amide bonds. The molecular formula is C21H28N4O3. The van der Waals surface area contributed by atoms with Gasteiger partial charge in [0.05, 0.1) is 11.7 Å². The molecule has 0 radical (unpaired) electrons. The molecule has 7 nitrogen and oxygen atoms in total. The van der Waals surface area contributed by atoms with Crippen molar-refractivity contribution in [3.05, 3.63) is 42.1 Å². The van der Waals surface area contributed by atoms with Crippen molar-refractivity contribution in [2.45, 2.75) is 52.7 Å². The molecule has 0 fully saturated rings. The molecule has 1 heterocycles. The SMILES string of the molecule is CC[C@@H](C)[C@H](NC(=O)OC(C)(C)C)C(=O)N/N=C\c1cccc2cccnc12. The first-order chi connectivity index (χ1) is 13.2. The van der Waals surface area contributed by atoms with Crippen molar-refractivity contribution in [3.8, 4) is 0 Å². The van der Waals surface area contributed by atoms with Crippen molar-refractivity contribution in [2.24, 2.45) is 11.0 Å². The van der Waals surface area contributed by atoms with E-state index in [1.165, 1.54) is 0 Å². The Morgan fingerprint density at radius 2 is 1.96 bits per heavy atom. The van der Waals surface area contributed by atoms with Crippen LogP contribution in [0.2, 0.25) is 0 Å². The van der Waals surface area contributed by atoms with Crippen molar-refractivity contribution >= 4 is 29.1 Å². The monoisotopic (exact) mass is 384 g/mol. The molecule has 0 bridgehead atoms. The molecule has 0 aliphatic rings. The normalized spacial score (nSPS) is 13.9. The number of para-hydroxylation sites is 1. The van der Waals surface area contributed by atoms with Gasteiger partial charge in [0.2, 0.25) is 0 Å². The lowest BCUT2D eigenvalue weighted by molar-refractivity contribution is -0.124. The van der Waals surface area contributed by atoms with E-state index in [0.717, 1.165) is 16.5 Å². The number of nitrogens with zero attached hydrogens (tertiary/aromatic N) is 2. The molecule has 1 aromatic carbocycles. The summed E-state index contributed by atoms with van der Waals surface area (Å²) in [5.74, 6) is -0.480. The number of amides is 2. The van der Waals surface area contributed by atoms with Gasteiger partial charge in [-0.15, -0.1) is 0 Å². The van der Waals surface area contributed by atoms with Crippen LogP contribution in [0.1, 0.15) is 46.6 Å². The van der Waals surface area contributed by atoms with Gasteiger partial charge in [-0.3, -0.25) is 9.78 Å². The number of ether oxygens (including phenoxy) is 1. The number of alkyl carbamates (subject to hydrolysis) is 1. The maximum absolute atomic E-state index is 12.6. The van der Waals surface area contributed by atoms with Gasteiger partial charge in [0, 0.05) is 17.1 Å². The highest BCUT2D eigenvalue weighted by atomic mass is 16.6. The maximum atomic E-state index is 12.6. The van der Waals surface area contributed by atoms with E-state index in [-0.39, 0.29) is 5.92 Å². The Labute approximate surface area is 165 Å². The van der Waals surface area contributed by atoms with Crippen molar-refractivity contribution in [1.29, 1.82) is 0 Å². The van der Waals surface area contributed by atoms with Gasteiger partial charge in [0.1, 0.15) is 11.6 Å². The molecular weight excluding hydrogens is 356 g/mol. The Balaban J connectivity index is 2.08. The highest BCUT2D eigenvalue weighted by molar-refractivity contribution is 5.97. The smallest absolute Gasteiger partial charge is 0.408 e. The molecule has 0 spiro atoms. The number of benzene rings is 1. The van der Waals surface area contributed by atoms with Crippen LogP contribution in [0.4, 0.5) is 4.79 Å². The third kappa shape index (κ3) is 6.04. The second-order valence-corrected chi connectivity index (χ2v) is 7.67. The zero-order chi connectivity index (χ0) is 20.7. The molecule has 0 aliphatic heterocycles. The number of nitrogens with one attached hydrogen (secondary N) is 2. The molecule has 0 aliphatic carbocycles. The van der Waals surface area contributed by atoms with E-state index in [1.807, 2.05) is 44.2 Å². The Kier molecular flexibility index (Phi) is 7.09. The predicted molar refractivity (Wildman–Crippen MR) is 110 cm³/mol. The zero-order valence-corrected chi connectivity index (χ0v) is 17.0. The number of fused-ring (bicyclic) bond motifs is 1. The van der Waals surface area contributed by atoms with E-state index in [1.54, 1.807) is 33.2 Å². The third-order valence-electron chi connectivity index (χ3n) is 4.21. The van der Waals surface area contributed by atoms with E-state index in [2.05, 4.69) is 20.8 Å². The summed E-state index contributed by atoms with van der Waals surface area (Å²) in [5, 5.41) is 7.69. The van der Waals surface area contributed by atoms with Crippen molar-refractivity contribution in [2.75, 3.05) is 0 Å². The summed E-state index contributed by atoms with van der Waals surface area (Å²) in [6.07, 6.45) is 3.34. The van der Waals surface area contributed by atoms with Gasteiger partial charge in [0.25, 0.3) is 5.91 Å². The molecule has 0 saturated carbocycles. The van der Waals surface area contributed by atoms with Crippen LogP contribution in [0.5, 0.6) is 0 Å². The minimum atomic E-state index is -0.748. The standard InChI is InChI=1S/C21H28N4O3/c1-6-14(2)17(24-20(27)28-21(3,4)5)19(26)25-23-13-16-10-7-9-15-11-8-12-22-18(15)16/h7-14,17H,6H2,1-5H3,(H,24,27)(H,25,26)/b23-13-/t14-,17+/m1/s1. The first-order valence-electron chi connectivity index (χ1n) is 9.37. The quantitative estimate of drug-likeness (QED) is 0.588. The highest BCUT2D eigenvalue weighted by Gasteiger charge is 2.28. The van der Waals surface area contributed by atoms with Gasteiger partial charge in [-0.2, -0.15) is 5.10 Å². The number of carbonyl (C=O) groups is 2. The van der Waals surface area contributed by atoms with Crippen LogP contribution < -0.4 is 10.7 Å². The zero-order valence-electron chi connectivity index (χ0n) is 17.0. The summed E-state index contributed by atoms with van der Waals surface area (Å²) in [7, 11) is 0. The molecule has 150 valence electrons. The third-order valence-corrected chi connectivity index (χ3v) is 4.21. The number of aromatic nitrogens is 1. The van der Waals surface area contributed by atoms with Gasteiger partial charge in [0.15, 0.2) is 0 Å². The Morgan fingerprint density at radius 3 is 2.64 bits per heavy atom. The van der Waals surface area contributed by atoms with E-state index in [9.17, 15) is 9.59 Å². The number of hydrogen-bond acceptors (Lipinski definition) is 5. The highest BCUT2D eigenvalue weighted by Crippen LogP contribution is 2.14. The van der Waals surface area contributed by atoms with Crippen LogP contribution in [-0.4, -0.2) is 34.8 Å². The largest absolute Gasteiger partial charge is 0.444 e. The van der Waals surface area contributed by atoms with Crippen LogP contribution in [0.3, 0.4) is 0 Å². The number of pyridine rings is 1. The van der Waals surface area contributed by atoms with E-state index in [0.29, 0.717) is 6.42 Å². The second-order valence-electron chi connectivity index (χ2n) is 7.67. The first kappa shape index (κ1) is 21.3. The van der Waals surface area contributed by atoms with Crippen LogP contribution in [0.15, 0.2) is 41.6 Å². The lowest BCUT2D eigenvalue weighted by Crippen LogP contribution is -2.50. The summed E-state index contributed by atoms with van der Waals surface area (Å²) in [4.78, 5) is 29.0. The van der Waals surface area contributed by atoms with Crippen LogP contribution >= 0.6 is 0 Å². The Hall–Kier alpha value is -2.96. The minimum absolute atomic E-state index is 0.0815. The van der Waals surface area contributed by atoms with Crippen molar-refractivity contribution in [3.63, 3.8) is 0 Å². The minimum Gasteiger partial charge on any atom is -0.444 e. The predicted octanol–water partition coefficient (Wildman–Crippen LogP) is 3.62. The number of carbonyl (C=O) groups excluding carboxylic acids is 2. The van der Waals surface area contributed by atoms with Crippen molar-refractivity contribution < 1.29 is 14.3 Å².